The fourth-order valence-electron chi connectivity index (χ4n) is 2.19. The van der Waals surface area contributed by atoms with Crippen molar-refractivity contribution in [3.63, 3.8) is 0 Å². The van der Waals surface area contributed by atoms with Gasteiger partial charge in [0.05, 0.1) is 12.7 Å². The maximum absolute atomic E-state index is 13.0. The van der Waals surface area contributed by atoms with Crippen molar-refractivity contribution in [3.05, 3.63) is 35.6 Å². The van der Waals surface area contributed by atoms with Crippen molar-refractivity contribution >= 4 is 16.3 Å². The predicted octanol–water partition coefficient (Wildman–Crippen LogP) is 1.97. The Balaban J connectivity index is 2.05. The van der Waals surface area contributed by atoms with E-state index in [2.05, 4.69) is 0 Å². The van der Waals surface area contributed by atoms with Crippen LogP contribution in [0.25, 0.3) is 0 Å². The average molecular weight is 360 g/mol. The smallest absolute Gasteiger partial charge is 0.422 e. The Bertz CT molecular complexity index is 685. The van der Waals surface area contributed by atoms with Crippen LogP contribution in [0.15, 0.2) is 24.3 Å². The van der Waals surface area contributed by atoms with Gasteiger partial charge >= 0.3 is 16.3 Å². The van der Waals surface area contributed by atoms with Gasteiger partial charge in [0.1, 0.15) is 11.4 Å². The molecule has 1 unspecified atom stereocenters. The minimum absolute atomic E-state index is 0.0176. The molecular formula is C15H21FN2O5S. The number of ether oxygens (including phenoxy) is 2. The zero-order valence-corrected chi connectivity index (χ0v) is 14.6. The molecule has 1 aromatic rings. The number of nitrogens with zero attached hydrogens (tertiary/aromatic N) is 1. The Morgan fingerprint density at radius 2 is 1.96 bits per heavy atom. The van der Waals surface area contributed by atoms with Gasteiger partial charge in [0.25, 0.3) is 0 Å². The summed E-state index contributed by atoms with van der Waals surface area (Å²) < 4.78 is 51.1. The van der Waals surface area contributed by atoms with Gasteiger partial charge in [-0.2, -0.15) is 12.7 Å². The summed E-state index contributed by atoms with van der Waals surface area (Å²) in [6.45, 7) is 5.20. The molecule has 1 aliphatic rings. The maximum Gasteiger partial charge on any atom is 0.422 e. The van der Waals surface area contributed by atoms with E-state index in [1.807, 2.05) is 4.72 Å². The number of hydrogen-bond acceptors (Lipinski definition) is 5. The number of halogens is 1. The molecular weight excluding hydrogens is 339 g/mol. The topological polar surface area (TPSA) is 84.9 Å². The first kappa shape index (κ1) is 18.6. The minimum atomic E-state index is -4.05. The summed E-state index contributed by atoms with van der Waals surface area (Å²) in [5.41, 5.74) is -0.144. The van der Waals surface area contributed by atoms with Gasteiger partial charge < -0.3 is 9.47 Å². The molecule has 0 aliphatic carbocycles. The molecule has 1 amide bonds. The van der Waals surface area contributed by atoms with Gasteiger partial charge in [0.15, 0.2) is 0 Å². The lowest BCUT2D eigenvalue weighted by molar-refractivity contribution is -0.00323. The molecule has 0 radical (unpaired) electrons. The molecule has 24 heavy (non-hydrogen) atoms. The number of carbonyl (C=O) groups excluding carboxylic acids is 1. The van der Waals surface area contributed by atoms with Gasteiger partial charge in [-0.1, -0.05) is 12.1 Å². The quantitative estimate of drug-likeness (QED) is 0.891. The van der Waals surface area contributed by atoms with Gasteiger partial charge in [0, 0.05) is 13.1 Å². The number of carbonyl (C=O) groups is 1. The van der Waals surface area contributed by atoms with Gasteiger partial charge in [-0.25, -0.2) is 13.9 Å². The molecule has 0 saturated carbocycles. The van der Waals surface area contributed by atoms with Gasteiger partial charge in [0.2, 0.25) is 0 Å². The molecule has 1 fully saturated rings. The normalized spacial score (nSPS) is 19.8. The van der Waals surface area contributed by atoms with E-state index in [9.17, 15) is 17.6 Å². The third-order valence-corrected chi connectivity index (χ3v) is 4.66. The lowest BCUT2D eigenvalue weighted by Crippen LogP contribution is -2.50. The van der Waals surface area contributed by atoms with Crippen LogP contribution >= 0.6 is 0 Å². The second-order valence-electron chi connectivity index (χ2n) is 6.38. The van der Waals surface area contributed by atoms with Crippen molar-refractivity contribution in [3.8, 4) is 0 Å². The zero-order valence-electron chi connectivity index (χ0n) is 13.8. The van der Waals surface area contributed by atoms with Crippen LogP contribution in [0.4, 0.5) is 9.18 Å². The highest BCUT2D eigenvalue weighted by atomic mass is 32.2. The van der Waals surface area contributed by atoms with E-state index in [4.69, 9.17) is 9.47 Å². The molecule has 0 spiro atoms. The predicted molar refractivity (Wildman–Crippen MR) is 85.0 cm³/mol. The third-order valence-electron chi connectivity index (χ3n) is 3.22. The van der Waals surface area contributed by atoms with Gasteiger partial charge in [-0.15, -0.1) is 0 Å². The van der Waals surface area contributed by atoms with E-state index in [1.165, 1.54) is 24.3 Å². The average Bonchev–Trinajstić information content (AvgIpc) is 2.45. The first-order chi connectivity index (χ1) is 11.1. The lowest BCUT2D eigenvalue weighted by atomic mass is 10.1. The van der Waals surface area contributed by atoms with Gasteiger partial charge in [-0.3, -0.25) is 0 Å². The van der Waals surface area contributed by atoms with E-state index in [-0.39, 0.29) is 25.5 Å². The monoisotopic (exact) mass is 360 g/mol. The van der Waals surface area contributed by atoms with E-state index < -0.39 is 28.0 Å². The second-order valence-corrected chi connectivity index (χ2v) is 8.05. The number of morpholine rings is 1. The number of hydrogen-bond donors (Lipinski definition) is 1. The highest BCUT2D eigenvalue weighted by molar-refractivity contribution is 7.87. The first-order valence-electron chi connectivity index (χ1n) is 7.45. The third kappa shape index (κ3) is 5.15. The van der Waals surface area contributed by atoms with Crippen molar-refractivity contribution < 1.29 is 27.1 Å². The van der Waals surface area contributed by atoms with Crippen LogP contribution < -0.4 is 4.72 Å². The fraction of sp³-hybridized carbons (Fsp3) is 0.533. The minimum Gasteiger partial charge on any atom is -0.443 e. The molecule has 2 rings (SSSR count). The van der Waals surface area contributed by atoms with Crippen molar-refractivity contribution in [2.75, 3.05) is 19.7 Å². The standard InChI is InChI=1S/C15H21FN2O5S/c1-15(2,3)23-14(19)17-24(20,21)18-8-9-22-13(10-18)11-4-6-12(16)7-5-11/h4-7,13H,8-10H2,1-3H3,(H,17,19). The molecule has 1 aliphatic heterocycles. The Labute approximate surface area is 140 Å². The van der Waals surface area contributed by atoms with E-state index in [0.29, 0.717) is 5.56 Å². The Morgan fingerprint density at radius 1 is 1.33 bits per heavy atom. The van der Waals surface area contributed by atoms with Crippen molar-refractivity contribution in [1.82, 2.24) is 9.03 Å². The Kier molecular flexibility index (Phi) is 5.46. The van der Waals surface area contributed by atoms with E-state index in [1.54, 1.807) is 20.8 Å². The summed E-state index contributed by atoms with van der Waals surface area (Å²) in [5.74, 6) is -0.384. The van der Waals surface area contributed by atoms with Crippen LogP contribution in [-0.4, -0.2) is 44.1 Å². The highest BCUT2D eigenvalue weighted by Crippen LogP contribution is 2.23. The largest absolute Gasteiger partial charge is 0.443 e. The lowest BCUT2D eigenvalue weighted by Gasteiger charge is -2.32. The number of nitrogens with one attached hydrogen (secondary N) is 1. The van der Waals surface area contributed by atoms with Crippen molar-refractivity contribution in [1.29, 1.82) is 0 Å². The molecule has 7 nitrogen and oxygen atoms in total. The Hall–Kier alpha value is -1.71. The SMILES string of the molecule is CC(C)(C)OC(=O)NS(=O)(=O)N1CCOC(c2ccc(F)cc2)C1. The van der Waals surface area contributed by atoms with Crippen LogP contribution in [0.1, 0.15) is 32.4 Å². The Morgan fingerprint density at radius 3 is 2.54 bits per heavy atom. The molecule has 0 aromatic heterocycles. The molecule has 134 valence electrons. The molecule has 1 saturated heterocycles. The molecule has 0 bridgehead atoms. The van der Waals surface area contributed by atoms with Crippen LogP contribution in [-0.2, 0) is 19.7 Å². The summed E-state index contributed by atoms with van der Waals surface area (Å²) >= 11 is 0. The molecule has 1 heterocycles. The second kappa shape index (κ2) is 7.04. The van der Waals surface area contributed by atoms with E-state index >= 15 is 0 Å². The number of rotatable bonds is 3. The van der Waals surface area contributed by atoms with Crippen molar-refractivity contribution in [2.45, 2.75) is 32.5 Å². The number of amides is 1. The maximum atomic E-state index is 13.0. The summed E-state index contributed by atoms with van der Waals surface area (Å²) in [6, 6.07) is 5.64. The fourth-order valence-corrected chi connectivity index (χ4v) is 3.22. The van der Waals surface area contributed by atoms with Crippen molar-refractivity contribution in [2.24, 2.45) is 0 Å². The summed E-state index contributed by atoms with van der Waals surface area (Å²) in [4.78, 5) is 11.7. The van der Waals surface area contributed by atoms with Crippen LogP contribution in [0.3, 0.4) is 0 Å². The molecule has 1 atom stereocenters. The zero-order chi connectivity index (χ0) is 18.0. The number of benzene rings is 1. The molecule has 9 heteroatoms. The summed E-state index contributed by atoms with van der Waals surface area (Å²) in [5, 5.41) is 0. The molecule has 1 N–H and O–H groups in total. The van der Waals surface area contributed by atoms with Crippen LogP contribution in [0.2, 0.25) is 0 Å². The van der Waals surface area contributed by atoms with E-state index in [0.717, 1.165) is 4.31 Å². The summed E-state index contributed by atoms with van der Waals surface area (Å²) in [7, 11) is -4.05. The van der Waals surface area contributed by atoms with Crippen LogP contribution in [0.5, 0.6) is 0 Å². The summed E-state index contributed by atoms with van der Waals surface area (Å²) in [6.07, 6.45) is -1.57. The molecule has 1 aromatic carbocycles. The van der Waals surface area contributed by atoms with Crippen LogP contribution in [0, 0.1) is 5.82 Å². The van der Waals surface area contributed by atoms with Gasteiger partial charge in [-0.05, 0) is 38.5 Å². The first-order valence-corrected chi connectivity index (χ1v) is 8.89. The highest BCUT2D eigenvalue weighted by Gasteiger charge is 2.32.